The Morgan fingerprint density at radius 1 is 1.56 bits per heavy atom. The van der Waals surface area contributed by atoms with Crippen molar-refractivity contribution >= 4 is 11.6 Å². The van der Waals surface area contributed by atoms with E-state index in [-0.39, 0.29) is 18.6 Å². The van der Waals surface area contributed by atoms with Gasteiger partial charge in [-0.05, 0) is 31.0 Å². The molecule has 0 radical (unpaired) electrons. The molecule has 1 atom stereocenters. The maximum absolute atomic E-state index is 11.8. The molecule has 0 aromatic heterocycles. The van der Waals surface area contributed by atoms with Crippen molar-refractivity contribution in [2.24, 2.45) is 0 Å². The van der Waals surface area contributed by atoms with Gasteiger partial charge in [0.2, 0.25) is 0 Å². The minimum absolute atomic E-state index is 0.0129. The fourth-order valence-electron chi connectivity index (χ4n) is 1.48. The first-order valence-corrected chi connectivity index (χ1v) is 5.44. The average Bonchev–Trinajstić information content (AvgIpc) is 2.28. The van der Waals surface area contributed by atoms with Gasteiger partial charge in [0.15, 0.2) is 0 Å². The van der Waals surface area contributed by atoms with E-state index in [0.29, 0.717) is 17.7 Å². The molecule has 1 aromatic rings. The zero-order valence-corrected chi connectivity index (χ0v) is 9.44. The summed E-state index contributed by atoms with van der Waals surface area (Å²) in [6, 6.07) is 6.86. The van der Waals surface area contributed by atoms with Gasteiger partial charge in [-0.1, -0.05) is 13.0 Å². The minimum Gasteiger partial charge on any atom is -0.399 e. The standard InChI is InChI=1S/C12H18N2O2/c1-2-11(6-7-15)14-12(16)9-4-3-5-10(13)8-9/h3-5,8,11,15H,2,6-7,13H2,1H3,(H,14,16). The van der Waals surface area contributed by atoms with Crippen LogP contribution in [0.2, 0.25) is 0 Å². The summed E-state index contributed by atoms with van der Waals surface area (Å²) in [5, 5.41) is 11.7. The van der Waals surface area contributed by atoms with Crippen molar-refractivity contribution in [3.63, 3.8) is 0 Å². The highest BCUT2D eigenvalue weighted by Crippen LogP contribution is 2.07. The predicted octanol–water partition coefficient (Wildman–Crippen LogP) is 1.16. The summed E-state index contributed by atoms with van der Waals surface area (Å²) in [6.07, 6.45) is 1.37. The Labute approximate surface area is 95.5 Å². The van der Waals surface area contributed by atoms with Crippen LogP contribution in [-0.4, -0.2) is 23.7 Å². The number of nitrogens with two attached hydrogens (primary N) is 1. The van der Waals surface area contributed by atoms with E-state index in [1.807, 2.05) is 6.92 Å². The third kappa shape index (κ3) is 3.55. The van der Waals surface area contributed by atoms with Crippen LogP contribution in [0.3, 0.4) is 0 Å². The van der Waals surface area contributed by atoms with Crippen LogP contribution in [0, 0.1) is 0 Å². The monoisotopic (exact) mass is 222 g/mol. The lowest BCUT2D eigenvalue weighted by Gasteiger charge is -2.15. The third-order valence-electron chi connectivity index (χ3n) is 2.45. The number of benzene rings is 1. The maximum atomic E-state index is 11.8. The number of aliphatic hydroxyl groups excluding tert-OH is 1. The van der Waals surface area contributed by atoms with E-state index in [1.165, 1.54) is 0 Å². The Morgan fingerprint density at radius 3 is 2.88 bits per heavy atom. The van der Waals surface area contributed by atoms with E-state index in [0.717, 1.165) is 6.42 Å². The van der Waals surface area contributed by atoms with E-state index < -0.39 is 0 Å². The quantitative estimate of drug-likeness (QED) is 0.654. The van der Waals surface area contributed by atoms with Crippen molar-refractivity contribution in [1.82, 2.24) is 5.32 Å². The number of nitrogen functional groups attached to an aromatic ring is 1. The van der Waals surface area contributed by atoms with Crippen molar-refractivity contribution in [3.8, 4) is 0 Å². The lowest BCUT2D eigenvalue weighted by Crippen LogP contribution is -2.35. The number of anilines is 1. The molecule has 1 rings (SSSR count). The van der Waals surface area contributed by atoms with Crippen molar-refractivity contribution in [2.75, 3.05) is 12.3 Å². The molecule has 88 valence electrons. The molecule has 0 aliphatic rings. The SMILES string of the molecule is CCC(CCO)NC(=O)c1cccc(N)c1. The second-order valence-corrected chi connectivity index (χ2v) is 3.72. The number of hydrogen-bond acceptors (Lipinski definition) is 3. The molecule has 0 heterocycles. The highest BCUT2D eigenvalue weighted by Gasteiger charge is 2.11. The number of hydrogen-bond donors (Lipinski definition) is 3. The Kier molecular flexibility index (Phi) is 4.79. The summed E-state index contributed by atoms with van der Waals surface area (Å²) in [4.78, 5) is 11.8. The highest BCUT2D eigenvalue weighted by molar-refractivity contribution is 5.95. The Balaban J connectivity index is 2.64. The van der Waals surface area contributed by atoms with Gasteiger partial charge in [0, 0.05) is 23.9 Å². The normalized spacial score (nSPS) is 12.1. The summed E-state index contributed by atoms with van der Waals surface area (Å²) in [7, 11) is 0. The van der Waals surface area contributed by atoms with Gasteiger partial charge in [-0.15, -0.1) is 0 Å². The van der Waals surface area contributed by atoms with Gasteiger partial charge in [-0.2, -0.15) is 0 Å². The molecule has 4 nitrogen and oxygen atoms in total. The van der Waals surface area contributed by atoms with Gasteiger partial charge in [0.1, 0.15) is 0 Å². The molecule has 16 heavy (non-hydrogen) atoms. The molecular formula is C12H18N2O2. The molecular weight excluding hydrogens is 204 g/mol. The van der Waals surface area contributed by atoms with Crippen LogP contribution < -0.4 is 11.1 Å². The molecule has 4 N–H and O–H groups in total. The van der Waals surface area contributed by atoms with Crippen LogP contribution >= 0.6 is 0 Å². The van der Waals surface area contributed by atoms with Crippen LogP contribution in [0.25, 0.3) is 0 Å². The zero-order chi connectivity index (χ0) is 12.0. The van der Waals surface area contributed by atoms with Crippen LogP contribution in [0.15, 0.2) is 24.3 Å². The van der Waals surface area contributed by atoms with Crippen molar-refractivity contribution < 1.29 is 9.90 Å². The number of rotatable bonds is 5. The molecule has 0 fully saturated rings. The summed E-state index contributed by atoms with van der Waals surface area (Å²) in [6.45, 7) is 2.05. The second kappa shape index (κ2) is 6.12. The number of amides is 1. The van der Waals surface area contributed by atoms with Crippen LogP contribution in [0.1, 0.15) is 30.1 Å². The number of carbonyl (C=O) groups excluding carboxylic acids is 1. The third-order valence-corrected chi connectivity index (χ3v) is 2.45. The largest absolute Gasteiger partial charge is 0.399 e. The van der Waals surface area contributed by atoms with Crippen molar-refractivity contribution in [1.29, 1.82) is 0 Å². The Hall–Kier alpha value is -1.55. The fourth-order valence-corrected chi connectivity index (χ4v) is 1.48. The van der Waals surface area contributed by atoms with Gasteiger partial charge in [-0.25, -0.2) is 0 Å². The maximum Gasteiger partial charge on any atom is 0.251 e. The predicted molar refractivity (Wildman–Crippen MR) is 64.1 cm³/mol. The van der Waals surface area contributed by atoms with Gasteiger partial charge in [0.05, 0.1) is 0 Å². The first kappa shape index (κ1) is 12.5. The summed E-state index contributed by atoms with van der Waals surface area (Å²) in [5.41, 5.74) is 6.72. The fraction of sp³-hybridized carbons (Fsp3) is 0.417. The smallest absolute Gasteiger partial charge is 0.251 e. The number of aliphatic hydroxyl groups is 1. The minimum atomic E-state index is -0.146. The average molecular weight is 222 g/mol. The van der Waals surface area contributed by atoms with Crippen LogP contribution in [0.4, 0.5) is 5.69 Å². The molecule has 0 spiro atoms. The highest BCUT2D eigenvalue weighted by atomic mass is 16.3. The van der Waals surface area contributed by atoms with Crippen molar-refractivity contribution in [2.45, 2.75) is 25.8 Å². The molecule has 0 saturated heterocycles. The van der Waals surface area contributed by atoms with Crippen LogP contribution in [-0.2, 0) is 0 Å². The van der Waals surface area contributed by atoms with E-state index in [2.05, 4.69) is 5.32 Å². The summed E-state index contributed by atoms with van der Waals surface area (Å²) >= 11 is 0. The number of carbonyl (C=O) groups is 1. The number of nitrogens with one attached hydrogen (secondary N) is 1. The first-order valence-electron chi connectivity index (χ1n) is 5.44. The Bertz CT molecular complexity index is 353. The molecule has 0 aliphatic carbocycles. The van der Waals surface area contributed by atoms with E-state index in [4.69, 9.17) is 10.8 Å². The van der Waals surface area contributed by atoms with E-state index >= 15 is 0 Å². The zero-order valence-electron chi connectivity index (χ0n) is 9.44. The Morgan fingerprint density at radius 2 is 2.31 bits per heavy atom. The lowest BCUT2D eigenvalue weighted by atomic mass is 10.1. The van der Waals surface area contributed by atoms with Gasteiger partial charge >= 0.3 is 0 Å². The van der Waals surface area contributed by atoms with Gasteiger partial charge < -0.3 is 16.2 Å². The van der Waals surface area contributed by atoms with Gasteiger partial charge in [0.25, 0.3) is 5.91 Å². The molecule has 0 saturated carbocycles. The van der Waals surface area contributed by atoms with E-state index in [9.17, 15) is 4.79 Å². The van der Waals surface area contributed by atoms with E-state index in [1.54, 1.807) is 24.3 Å². The molecule has 0 bridgehead atoms. The molecule has 4 heteroatoms. The van der Waals surface area contributed by atoms with Crippen LogP contribution in [0.5, 0.6) is 0 Å². The molecule has 0 aliphatic heterocycles. The second-order valence-electron chi connectivity index (χ2n) is 3.72. The first-order chi connectivity index (χ1) is 7.67. The van der Waals surface area contributed by atoms with Crippen molar-refractivity contribution in [3.05, 3.63) is 29.8 Å². The topological polar surface area (TPSA) is 75.3 Å². The summed E-state index contributed by atoms with van der Waals surface area (Å²) in [5.74, 6) is -0.146. The van der Waals surface area contributed by atoms with Gasteiger partial charge in [-0.3, -0.25) is 4.79 Å². The summed E-state index contributed by atoms with van der Waals surface area (Å²) < 4.78 is 0. The lowest BCUT2D eigenvalue weighted by molar-refractivity contribution is 0.0929. The molecule has 1 unspecified atom stereocenters. The molecule has 1 amide bonds. The molecule has 1 aromatic carbocycles.